The lowest BCUT2D eigenvalue weighted by molar-refractivity contribution is -0.139. The summed E-state index contributed by atoms with van der Waals surface area (Å²) in [5.74, 6) is -0.665. The summed E-state index contributed by atoms with van der Waals surface area (Å²) in [5, 5.41) is 29.6. The van der Waals surface area contributed by atoms with Crippen molar-refractivity contribution in [3.63, 3.8) is 0 Å². The molecule has 0 heterocycles. The predicted octanol–water partition coefficient (Wildman–Crippen LogP) is -0.181. The lowest BCUT2D eigenvalue weighted by Gasteiger charge is -2.22. The van der Waals surface area contributed by atoms with Gasteiger partial charge in [0, 0.05) is 19.2 Å². The molecule has 5 nitrogen and oxygen atoms in total. The second-order valence-electron chi connectivity index (χ2n) is 4.02. The van der Waals surface area contributed by atoms with Gasteiger partial charge in [-0.05, 0) is 12.3 Å². The number of rotatable bonds is 8. The van der Waals surface area contributed by atoms with Gasteiger partial charge in [0.25, 0.3) is 0 Å². The second-order valence-corrected chi connectivity index (χ2v) is 4.02. The predicted molar refractivity (Wildman–Crippen MR) is 56.6 cm³/mol. The molecule has 0 bridgehead atoms. The van der Waals surface area contributed by atoms with Gasteiger partial charge in [0.05, 0.1) is 12.5 Å². The maximum absolute atomic E-state index is 10.3. The number of nitrogens with one attached hydrogen (secondary N) is 1. The Balaban J connectivity index is 3.82. The van der Waals surface area contributed by atoms with Gasteiger partial charge in [-0.15, -0.1) is 0 Å². The Labute approximate surface area is 90.1 Å². The van der Waals surface area contributed by atoms with Crippen LogP contribution in [0.25, 0.3) is 0 Å². The molecule has 0 saturated heterocycles. The molecular formula is C10H21NO4. The molecule has 0 radical (unpaired) electrons. The van der Waals surface area contributed by atoms with Crippen molar-refractivity contribution in [3.8, 4) is 0 Å². The van der Waals surface area contributed by atoms with Gasteiger partial charge in [-0.1, -0.05) is 13.8 Å². The van der Waals surface area contributed by atoms with E-state index >= 15 is 0 Å². The van der Waals surface area contributed by atoms with Crippen molar-refractivity contribution in [2.45, 2.75) is 38.8 Å². The zero-order valence-electron chi connectivity index (χ0n) is 9.31. The molecule has 0 amide bonds. The number of aliphatic carboxylic acids is 1. The molecule has 5 heteroatoms. The van der Waals surface area contributed by atoms with Crippen molar-refractivity contribution in [2.75, 3.05) is 13.2 Å². The van der Waals surface area contributed by atoms with Crippen molar-refractivity contribution in [3.05, 3.63) is 0 Å². The largest absolute Gasteiger partial charge is 0.481 e. The van der Waals surface area contributed by atoms with E-state index in [1.807, 2.05) is 13.8 Å². The maximum atomic E-state index is 10.3. The van der Waals surface area contributed by atoms with Crippen LogP contribution in [0.1, 0.15) is 26.7 Å². The highest BCUT2D eigenvalue weighted by Gasteiger charge is 2.15. The molecule has 0 aromatic rings. The summed E-state index contributed by atoms with van der Waals surface area (Å²) in [6.45, 7) is 4.35. The minimum Gasteiger partial charge on any atom is -0.481 e. The molecule has 4 N–H and O–H groups in total. The third-order valence-electron chi connectivity index (χ3n) is 2.27. The summed E-state index contributed by atoms with van der Waals surface area (Å²) in [4.78, 5) is 10.3. The maximum Gasteiger partial charge on any atom is 0.306 e. The van der Waals surface area contributed by atoms with Gasteiger partial charge in [-0.3, -0.25) is 4.79 Å². The van der Waals surface area contributed by atoms with Crippen LogP contribution in [0.4, 0.5) is 0 Å². The van der Waals surface area contributed by atoms with Crippen molar-refractivity contribution in [2.24, 2.45) is 5.92 Å². The van der Waals surface area contributed by atoms with Crippen LogP contribution >= 0.6 is 0 Å². The first-order valence-electron chi connectivity index (χ1n) is 5.21. The zero-order valence-corrected chi connectivity index (χ0v) is 9.31. The van der Waals surface area contributed by atoms with Crippen molar-refractivity contribution < 1.29 is 20.1 Å². The monoisotopic (exact) mass is 219 g/mol. The van der Waals surface area contributed by atoms with Gasteiger partial charge in [-0.25, -0.2) is 0 Å². The van der Waals surface area contributed by atoms with Crippen LogP contribution < -0.4 is 5.32 Å². The molecule has 15 heavy (non-hydrogen) atoms. The summed E-state index contributed by atoms with van der Waals surface area (Å²) >= 11 is 0. The van der Waals surface area contributed by atoms with Crippen LogP contribution in [0, 0.1) is 5.92 Å². The topological polar surface area (TPSA) is 89.8 Å². The van der Waals surface area contributed by atoms with Gasteiger partial charge in [0.15, 0.2) is 0 Å². The molecular weight excluding hydrogens is 198 g/mol. The molecule has 0 aliphatic rings. The van der Waals surface area contributed by atoms with Crippen LogP contribution in [0.15, 0.2) is 0 Å². The second kappa shape index (κ2) is 7.62. The number of hydrogen-bond donors (Lipinski definition) is 4. The van der Waals surface area contributed by atoms with Crippen LogP contribution in [0.5, 0.6) is 0 Å². The van der Waals surface area contributed by atoms with Crippen molar-refractivity contribution >= 4 is 5.97 Å². The quantitative estimate of drug-likeness (QED) is 0.454. The summed E-state index contributed by atoms with van der Waals surface area (Å²) in [7, 11) is 0. The Bertz CT molecular complexity index is 184. The first-order chi connectivity index (χ1) is 6.97. The Kier molecular flexibility index (Phi) is 7.29. The third kappa shape index (κ3) is 7.30. The summed E-state index contributed by atoms with van der Waals surface area (Å²) in [5.41, 5.74) is 0. The minimum absolute atomic E-state index is 0.0882. The lowest BCUT2D eigenvalue weighted by atomic mass is 10.0. The number of aliphatic hydroxyl groups excluding tert-OH is 2. The normalized spacial score (nSPS) is 15.3. The van der Waals surface area contributed by atoms with E-state index in [1.54, 1.807) is 0 Å². The van der Waals surface area contributed by atoms with Gasteiger partial charge in [0.1, 0.15) is 0 Å². The lowest BCUT2D eigenvalue weighted by Crippen LogP contribution is -2.40. The molecule has 0 rings (SSSR count). The zero-order chi connectivity index (χ0) is 11.8. The molecule has 2 unspecified atom stereocenters. The Morgan fingerprint density at radius 1 is 1.40 bits per heavy atom. The number of carbonyl (C=O) groups is 1. The molecule has 0 aliphatic heterocycles. The molecule has 0 aromatic carbocycles. The Morgan fingerprint density at radius 3 is 2.40 bits per heavy atom. The highest BCUT2D eigenvalue weighted by atomic mass is 16.4. The van der Waals surface area contributed by atoms with E-state index in [1.165, 1.54) is 0 Å². The molecule has 90 valence electrons. The standard InChI is InChI=1S/C10H21NO4/c1-7(2)9(3-4-12)11-6-8(13)5-10(14)15/h7-9,11-13H,3-6H2,1-2H3,(H,14,15). The summed E-state index contributed by atoms with van der Waals surface area (Å²) < 4.78 is 0. The van der Waals surface area contributed by atoms with Crippen LogP contribution in [-0.2, 0) is 4.79 Å². The van der Waals surface area contributed by atoms with Crippen molar-refractivity contribution in [1.82, 2.24) is 5.32 Å². The van der Waals surface area contributed by atoms with E-state index in [4.69, 9.17) is 10.2 Å². The number of hydrogen-bond acceptors (Lipinski definition) is 4. The Morgan fingerprint density at radius 2 is 2.00 bits per heavy atom. The molecule has 0 saturated carbocycles. The van der Waals surface area contributed by atoms with Crippen LogP contribution in [0.3, 0.4) is 0 Å². The van der Waals surface area contributed by atoms with E-state index in [-0.39, 0.29) is 25.6 Å². The van der Waals surface area contributed by atoms with Crippen LogP contribution in [-0.4, -0.2) is 46.6 Å². The number of aliphatic hydroxyl groups is 2. The first-order valence-corrected chi connectivity index (χ1v) is 5.21. The van der Waals surface area contributed by atoms with E-state index in [9.17, 15) is 9.90 Å². The molecule has 0 aromatic heterocycles. The van der Waals surface area contributed by atoms with E-state index < -0.39 is 12.1 Å². The Hall–Kier alpha value is -0.650. The van der Waals surface area contributed by atoms with Gasteiger partial charge in [-0.2, -0.15) is 0 Å². The molecule has 0 spiro atoms. The average molecular weight is 219 g/mol. The molecule has 2 atom stereocenters. The summed E-state index contributed by atoms with van der Waals surface area (Å²) in [6.07, 6.45) is -0.517. The van der Waals surface area contributed by atoms with Gasteiger partial charge in [0.2, 0.25) is 0 Å². The smallest absolute Gasteiger partial charge is 0.306 e. The van der Waals surface area contributed by atoms with E-state index in [0.717, 1.165) is 0 Å². The van der Waals surface area contributed by atoms with Gasteiger partial charge < -0.3 is 20.6 Å². The minimum atomic E-state index is -1.01. The highest BCUT2D eigenvalue weighted by molar-refractivity contribution is 5.67. The SMILES string of the molecule is CC(C)C(CCO)NCC(O)CC(=O)O. The highest BCUT2D eigenvalue weighted by Crippen LogP contribution is 2.05. The van der Waals surface area contributed by atoms with Gasteiger partial charge >= 0.3 is 5.97 Å². The molecule has 0 aliphatic carbocycles. The van der Waals surface area contributed by atoms with E-state index in [2.05, 4.69) is 5.32 Å². The first kappa shape index (κ1) is 14.3. The molecule has 0 fully saturated rings. The van der Waals surface area contributed by atoms with E-state index in [0.29, 0.717) is 12.3 Å². The number of carboxylic acid groups (broad SMARTS) is 1. The fraction of sp³-hybridized carbons (Fsp3) is 0.900. The van der Waals surface area contributed by atoms with Crippen molar-refractivity contribution in [1.29, 1.82) is 0 Å². The number of carboxylic acids is 1. The third-order valence-corrected chi connectivity index (χ3v) is 2.27. The summed E-state index contributed by atoms with van der Waals surface area (Å²) in [6, 6.07) is 0.110. The van der Waals surface area contributed by atoms with Crippen LogP contribution in [0.2, 0.25) is 0 Å². The average Bonchev–Trinajstić information content (AvgIpc) is 2.10. The fourth-order valence-corrected chi connectivity index (χ4v) is 1.37. The fourth-order valence-electron chi connectivity index (χ4n) is 1.37.